The normalized spacial score (nSPS) is 18.1. The van der Waals surface area contributed by atoms with Crippen molar-refractivity contribution in [2.75, 3.05) is 12.0 Å². The maximum Gasteiger partial charge on any atom is 0.345 e. The molecule has 2 rings (SSSR count). The van der Waals surface area contributed by atoms with Gasteiger partial charge in [-0.05, 0) is 47.9 Å². The topological polar surface area (TPSA) is 38.7 Å². The lowest BCUT2D eigenvalue weighted by molar-refractivity contribution is 0.0736. The van der Waals surface area contributed by atoms with Gasteiger partial charge >= 0.3 is 5.97 Å². The molecule has 3 nitrogen and oxygen atoms in total. The third-order valence-corrected chi connectivity index (χ3v) is 4.10. The molecule has 1 heterocycles. The maximum absolute atomic E-state index is 11.7. The van der Waals surface area contributed by atoms with E-state index in [0.29, 0.717) is 11.5 Å². The minimum absolute atomic E-state index is 0.148. The van der Waals surface area contributed by atoms with Crippen LogP contribution in [0.25, 0.3) is 0 Å². The smallest absolute Gasteiger partial charge is 0.345 e. The Balaban J connectivity index is 2.39. The molecule has 0 aromatic heterocycles. The molecule has 90 valence electrons. The largest absolute Gasteiger partial charge is 0.403 e. The summed E-state index contributed by atoms with van der Waals surface area (Å²) in [6.45, 7) is 2.02. The van der Waals surface area contributed by atoms with Crippen LogP contribution in [-0.2, 0) is 4.74 Å². The predicted octanol–water partition coefficient (Wildman–Crippen LogP) is 2.96. The van der Waals surface area contributed by atoms with Crippen LogP contribution < -0.4 is 0 Å². The molecule has 1 atom stereocenters. The number of esters is 1. The van der Waals surface area contributed by atoms with Crippen molar-refractivity contribution in [3.8, 4) is 0 Å². The molecule has 0 saturated carbocycles. The Morgan fingerprint density at radius 1 is 1.53 bits per heavy atom. The van der Waals surface area contributed by atoms with E-state index in [4.69, 9.17) is 4.74 Å². The summed E-state index contributed by atoms with van der Waals surface area (Å²) < 4.78 is 6.23. The molecule has 0 radical (unpaired) electrons. The second kappa shape index (κ2) is 5.39. The SMILES string of the molecule is CSC[C@H](C)/N=C1\OC(=O)c2cccc(I)c21. The number of halogens is 1. The molecule has 0 fully saturated rings. The van der Waals surface area contributed by atoms with Crippen LogP contribution in [-0.4, -0.2) is 29.9 Å². The van der Waals surface area contributed by atoms with Crippen LogP contribution in [0.1, 0.15) is 22.8 Å². The first kappa shape index (κ1) is 12.9. The fraction of sp³-hybridized carbons (Fsp3) is 0.333. The lowest BCUT2D eigenvalue weighted by Crippen LogP contribution is -2.09. The van der Waals surface area contributed by atoms with Crippen molar-refractivity contribution < 1.29 is 9.53 Å². The first-order chi connectivity index (χ1) is 8.13. The number of fused-ring (bicyclic) bond motifs is 1. The highest BCUT2D eigenvalue weighted by atomic mass is 127. The molecule has 17 heavy (non-hydrogen) atoms. The Morgan fingerprint density at radius 2 is 2.29 bits per heavy atom. The summed E-state index contributed by atoms with van der Waals surface area (Å²) in [5, 5.41) is 0. The van der Waals surface area contributed by atoms with E-state index in [9.17, 15) is 4.79 Å². The maximum atomic E-state index is 11.7. The molecule has 0 amide bonds. The zero-order valence-corrected chi connectivity index (χ0v) is 12.5. The van der Waals surface area contributed by atoms with Crippen molar-refractivity contribution in [3.63, 3.8) is 0 Å². The van der Waals surface area contributed by atoms with E-state index in [1.807, 2.05) is 25.3 Å². The third-order valence-electron chi connectivity index (χ3n) is 2.38. The number of rotatable bonds is 3. The second-order valence-electron chi connectivity index (χ2n) is 3.79. The van der Waals surface area contributed by atoms with Gasteiger partial charge in [-0.15, -0.1) is 0 Å². The van der Waals surface area contributed by atoms with Gasteiger partial charge in [0.05, 0.1) is 17.2 Å². The van der Waals surface area contributed by atoms with Gasteiger partial charge in [-0.2, -0.15) is 11.8 Å². The van der Waals surface area contributed by atoms with Gasteiger partial charge in [0.15, 0.2) is 0 Å². The molecular formula is C12H12INO2S. The van der Waals surface area contributed by atoms with Gasteiger partial charge in [0, 0.05) is 9.32 Å². The average Bonchev–Trinajstić information content (AvgIpc) is 2.57. The Labute approximate surface area is 118 Å². The number of carbonyl (C=O) groups excluding carboxylic acids is 1. The van der Waals surface area contributed by atoms with Crippen LogP contribution >= 0.6 is 34.4 Å². The summed E-state index contributed by atoms with van der Waals surface area (Å²) >= 11 is 3.93. The molecule has 0 spiro atoms. The van der Waals surface area contributed by atoms with Crippen LogP contribution in [0.3, 0.4) is 0 Å². The number of thioether (sulfide) groups is 1. The van der Waals surface area contributed by atoms with Gasteiger partial charge in [-0.25, -0.2) is 9.79 Å². The van der Waals surface area contributed by atoms with Gasteiger partial charge in [-0.1, -0.05) is 6.07 Å². The van der Waals surface area contributed by atoms with Gasteiger partial charge in [0.25, 0.3) is 0 Å². The van der Waals surface area contributed by atoms with Gasteiger partial charge in [0.2, 0.25) is 5.90 Å². The molecule has 0 aliphatic carbocycles. The third kappa shape index (κ3) is 2.65. The van der Waals surface area contributed by atoms with E-state index in [1.54, 1.807) is 17.8 Å². The van der Waals surface area contributed by atoms with Crippen molar-refractivity contribution in [1.82, 2.24) is 0 Å². The summed E-state index contributed by atoms with van der Waals surface area (Å²) in [5.41, 5.74) is 1.46. The Morgan fingerprint density at radius 3 is 3.00 bits per heavy atom. The van der Waals surface area contributed by atoms with Crippen molar-refractivity contribution in [1.29, 1.82) is 0 Å². The summed E-state index contributed by atoms with van der Waals surface area (Å²) in [6.07, 6.45) is 2.04. The second-order valence-corrected chi connectivity index (χ2v) is 5.86. The summed E-state index contributed by atoms with van der Waals surface area (Å²) in [6, 6.07) is 5.74. The standard InChI is InChI=1S/C12H12INO2S/c1-7(6-17-2)14-11-10-8(12(15)16-11)4-3-5-9(10)13/h3-5,7H,6H2,1-2H3/b14-11-/t7-/m0/s1. The Kier molecular flexibility index (Phi) is 4.09. The first-order valence-electron chi connectivity index (χ1n) is 5.21. The highest BCUT2D eigenvalue weighted by molar-refractivity contribution is 14.1. The molecule has 1 aromatic carbocycles. The number of hydrogen-bond acceptors (Lipinski definition) is 4. The fourth-order valence-electron chi connectivity index (χ4n) is 1.67. The zero-order valence-electron chi connectivity index (χ0n) is 9.57. The van der Waals surface area contributed by atoms with Crippen molar-refractivity contribution in [3.05, 3.63) is 32.9 Å². The molecule has 5 heteroatoms. The van der Waals surface area contributed by atoms with E-state index >= 15 is 0 Å². The number of aliphatic imine (C=N–C) groups is 1. The predicted molar refractivity (Wildman–Crippen MR) is 79.0 cm³/mol. The summed E-state index contributed by atoms with van der Waals surface area (Å²) in [7, 11) is 0. The molecule has 1 aliphatic heterocycles. The molecule has 0 saturated heterocycles. The van der Waals surface area contributed by atoms with Crippen LogP contribution in [0.5, 0.6) is 0 Å². The molecule has 0 bridgehead atoms. The number of cyclic esters (lactones) is 1. The van der Waals surface area contributed by atoms with Crippen LogP contribution in [0.15, 0.2) is 23.2 Å². The Hall–Kier alpha value is -0.560. The van der Waals surface area contributed by atoms with Crippen LogP contribution in [0.2, 0.25) is 0 Å². The van der Waals surface area contributed by atoms with E-state index in [1.165, 1.54) is 0 Å². The van der Waals surface area contributed by atoms with E-state index in [2.05, 4.69) is 27.6 Å². The number of hydrogen-bond donors (Lipinski definition) is 0. The minimum atomic E-state index is -0.298. The molecule has 0 unspecified atom stereocenters. The Bertz CT molecular complexity index is 487. The van der Waals surface area contributed by atoms with Crippen LogP contribution in [0.4, 0.5) is 0 Å². The lowest BCUT2D eigenvalue weighted by atomic mass is 10.1. The fourth-order valence-corrected chi connectivity index (χ4v) is 2.96. The average molecular weight is 361 g/mol. The quantitative estimate of drug-likeness (QED) is 0.614. The molecular weight excluding hydrogens is 349 g/mol. The summed E-state index contributed by atoms with van der Waals surface area (Å²) in [5.74, 6) is 1.09. The van der Waals surface area contributed by atoms with E-state index in [-0.39, 0.29) is 12.0 Å². The molecule has 1 aromatic rings. The molecule has 0 N–H and O–H groups in total. The van der Waals surface area contributed by atoms with Gasteiger partial charge in [0.1, 0.15) is 0 Å². The van der Waals surface area contributed by atoms with Crippen molar-refractivity contribution in [2.45, 2.75) is 13.0 Å². The molecule has 1 aliphatic rings. The summed E-state index contributed by atoms with van der Waals surface area (Å²) in [4.78, 5) is 16.1. The number of benzene rings is 1. The van der Waals surface area contributed by atoms with Gasteiger partial charge in [-0.3, -0.25) is 0 Å². The van der Waals surface area contributed by atoms with Crippen molar-refractivity contribution >= 4 is 46.2 Å². The zero-order chi connectivity index (χ0) is 12.4. The minimum Gasteiger partial charge on any atom is -0.403 e. The van der Waals surface area contributed by atoms with Crippen molar-refractivity contribution in [2.24, 2.45) is 4.99 Å². The number of ether oxygens (including phenoxy) is 1. The van der Waals surface area contributed by atoms with E-state index in [0.717, 1.165) is 14.9 Å². The van der Waals surface area contributed by atoms with E-state index < -0.39 is 0 Å². The number of nitrogens with zero attached hydrogens (tertiary/aromatic N) is 1. The highest BCUT2D eigenvalue weighted by Gasteiger charge is 2.30. The monoisotopic (exact) mass is 361 g/mol. The van der Waals surface area contributed by atoms with Crippen LogP contribution in [0, 0.1) is 3.57 Å². The lowest BCUT2D eigenvalue weighted by Gasteiger charge is -2.05. The van der Waals surface area contributed by atoms with Gasteiger partial charge < -0.3 is 4.74 Å². The first-order valence-corrected chi connectivity index (χ1v) is 7.68. The highest BCUT2D eigenvalue weighted by Crippen LogP contribution is 2.26. The number of carbonyl (C=O) groups is 1.